The molecule has 6 rings (SSSR count). The zero-order valence-corrected chi connectivity index (χ0v) is 30.1. The normalized spacial score (nSPS) is 19.8. The standard InChI is InChI=1S/C32H42Br2N8O3S/c1-38-7-2-23(3-8-38)39-11-13-40(14-12-39)30(43)27(18-21-16-25(33)29(35)26(34)17-21)36-31(44)41-9-4-24(5-10-41)42-19-28(37-32(42)45)22-6-15-46-20-22/h6,15-17,19-20,23-24,27H,2-5,7-14,18,35H2,1H3,(H,36,44)(H,37,45)/t27-/m1/s1. The fraction of sp³-hybridized carbons (Fsp3) is 0.531. The third-order valence-electron chi connectivity index (χ3n) is 9.73. The summed E-state index contributed by atoms with van der Waals surface area (Å²) >= 11 is 8.64. The van der Waals surface area contributed by atoms with Gasteiger partial charge in [-0.05, 0) is 107 Å². The first-order valence-corrected chi connectivity index (χ1v) is 18.5. The molecule has 3 aliphatic heterocycles. The average Bonchev–Trinajstić information content (AvgIpc) is 3.74. The summed E-state index contributed by atoms with van der Waals surface area (Å²) in [5.74, 6) is -0.0600. The predicted molar refractivity (Wildman–Crippen MR) is 189 cm³/mol. The highest BCUT2D eigenvalue weighted by molar-refractivity contribution is 9.11. The predicted octanol–water partition coefficient (Wildman–Crippen LogP) is 4.21. The summed E-state index contributed by atoms with van der Waals surface area (Å²) < 4.78 is 3.24. The van der Waals surface area contributed by atoms with Crippen molar-refractivity contribution in [2.45, 2.75) is 50.2 Å². The third-order valence-corrected chi connectivity index (χ3v) is 11.7. The number of nitrogen functional groups attached to an aromatic ring is 1. The smallest absolute Gasteiger partial charge is 0.326 e. The van der Waals surface area contributed by atoms with E-state index in [-0.39, 0.29) is 23.7 Å². The molecular formula is C32H42Br2N8O3S. The number of anilines is 1. The highest BCUT2D eigenvalue weighted by Crippen LogP contribution is 2.31. The molecule has 3 fully saturated rings. The molecular weight excluding hydrogens is 736 g/mol. The third kappa shape index (κ3) is 7.56. The number of likely N-dealkylation sites (tertiary alicyclic amines) is 2. The van der Waals surface area contributed by atoms with Crippen LogP contribution in [0.5, 0.6) is 0 Å². The van der Waals surface area contributed by atoms with Gasteiger partial charge in [0.2, 0.25) is 5.91 Å². The van der Waals surface area contributed by atoms with Crippen LogP contribution in [0.2, 0.25) is 0 Å². The number of halogens is 2. The van der Waals surface area contributed by atoms with Crippen molar-refractivity contribution in [1.82, 2.24) is 34.5 Å². The van der Waals surface area contributed by atoms with E-state index < -0.39 is 6.04 Å². The van der Waals surface area contributed by atoms with Gasteiger partial charge in [0.25, 0.3) is 0 Å². The summed E-state index contributed by atoms with van der Waals surface area (Å²) in [6, 6.07) is 5.41. The SMILES string of the molecule is CN1CCC(N2CCN(C(=O)[C@@H](Cc3cc(Br)c(N)c(Br)c3)NC(=O)N3CCC(n4cc(-c5ccsc5)[nH]c4=O)CC3)CC2)CC1. The molecule has 3 aliphatic rings. The Hall–Kier alpha value is -2.65. The van der Waals surface area contributed by atoms with Crippen molar-refractivity contribution in [1.29, 1.82) is 0 Å². The quantitative estimate of drug-likeness (QED) is 0.310. The first kappa shape index (κ1) is 33.3. The number of benzene rings is 1. The number of piperidine rings is 2. The summed E-state index contributed by atoms with van der Waals surface area (Å²) in [5.41, 5.74) is 9.28. The summed E-state index contributed by atoms with van der Waals surface area (Å²) in [4.78, 5) is 52.0. The van der Waals surface area contributed by atoms with Crippen LogP contribution >= 0.6 is 43.2 Å². The van der Waals surface area contributed by atoms with Gasteiger partial charge in [0.15, 0.2) is 0 Å². The van der Waals surface area contributed by atoms with Crippen LogP contribution in [-0.2, 0) is 11.2 Å². The number of amides is 3. The number of imidazole rings is 1. The largest absolute Gasteiger partial charge is 0.397 e. The van der Waals surface area contributed by atoms with Crippen LogP contribution in [-0.4, -0.2) is 113 Å². The summed E-state index contributed by atoms with van der Waals surface area (Å²) in [7, 11) is 2.17. The van der Waals surface area contributed by atoms with Crippen molar-refractivity contribution in [2.24, 2.45) is 0 Å². The molecule has 1 atom stereocenters. The molecule has 11 nitrogen and oxygen atoms in total. The zero-order chi connectivity index (χ0) is 32.4. The van der Waals surface area contributed by atoms with E-state index >= 15 is 0 Å². The van der Waals surface area contributed by atoms with E-state index in [2.05, 4.69) is 59.0 Å². The molecule has 0 spiro atoms. The highest BCUT2D eigenvalue weighted by atomic mass is 79.9. The molecule has 0 saturated carbocycles. The van der Waals surface area contributed by atoms with Crippen molar-refractivity contribution >= 4 is 60.8 Å². The molecule has 0 unspecified atom stereocenters. The molecule has 0 bridgehead atoms. The van der Waals surface area contributed by atoms with Crippen molar-refractivity contribution < 1.29 is 9.59 Å². The van der Waals surface area contributed by atoms with Gasteiger partial charge in [-0.1, -0.05) is 0 Å². The van der Waals surface area contributed by atoms with Gasteiger partial charge in [-0.2, -0.15) is 11.3 Å². The first-order valence-electron chi connectivity index (χ1n) is 16.0. The number of H-pyrrole nitrogens is 1. The molecule has 46 heavy (non-hydrogen) atoms. The number of carbonyl (C=O) groups is 2. The number of piperazine rings is 1. The van der Waals surface area contributed by atoms with Crippen LogP contribution in [0.15, 0.2) is 48.9 Å². The molecule has 14 heteroatoms. The van der Waals surface area contributed by atoms with E-state index in [1.165, 1.54) is 0 Å². The lowest BCUT2D eigenvalue weighted by Gasteiger charge is -2.43. The number of nitrogens with one attached hydrogen (secondary N) is 2. The van der Waals surface area contributed by atoms with E-state index in [9.17, 15) is 14.4 Å². The Morgan fingerprint density at radius 2 is 1.63 bits per heavy atom. The molecule has 248 valence electrons. The Morgan fingerprint density at radius 1 is 0.978 bits per heavy atom. The van der Waals surface area contributed by atoms with Crippen molar-refractivity contribution in [3.05, 3.63) is 60.1 Å². The Bertz CT molecular complexity index is 1550. The van der Waals surface area contributed by atoms with Crippen LogP contribution in [0.25, 0.3) is 11.3 Å². The molecule has 4 N–H and O–H groups in total. The summed E-state index contributed by atoms with van der Waals surface area (Å²) in [5, 5.41) is 7.09. The number of carbonyl (C=O) groups excluding carboxylic acids is 2. The lowest BCUT2D eigenvalue weighted by atomic mass is 10.0. The molecule has 3 saturated heterocycles. The molecule has 0 aliphatic carbocycles. The van der Waals surface area contributed by atoms with Crippen molar-refractivity contribution in [3.63, 3.8) is 0 Å². The van der Waals surface area contributed by atoms with Crippen LogP contribution in [0.1, 0.15) is 37.3 Å². The van der Waals surface area contributed by atoms with Crippen LogP contribution in [0.4, 0.5) is 10.5 Å². The Kier molecular flexibility index (Phi) is 10.6. The average molecular weight is 779 g/mol. The molecule has 1 aromatic carbocycles. The molecule has 5 heterocycles. The number of urea groups is 1. The van der Waals surface area contributed by atoms with E-state index in [4.69, 9.17) is 5.73 Å². The number of hydrogen-bond donors (Lipinski definition) is 3. The number of nitrogens with two attached hydrogens (primary N) is 1. The van der Waals surface area contributed by atoms with Crippen LogP contribution in [0.3, 0.4) is 0 Å². The minimum Gasteiger partial charge on any atom is -0.397 e. The monoisotopic (exact) mass is 776 g/mol. The number of nitrogens with zero attached hydrogens (tertiary/aromatic N) is 5. The Labute approximate surface area is 290 Å². The minimum atomic E-state index is -0.719. The zero-order valence-electron chi connectivity index (χ0n) is 26.1. The lowest BCUT2D eigenvalue weighted by molar-refractivity contribution is -0.135. The number of aromatic nitrogens is 2. The van der Waals surface area contributed by atoms with Crippen molar-refractivity contribution in [3.8, 4) is 11.3 Å². The van der Waals surface area contributed by atoms with Gasteiger partial charge in [0.1, 0.15) is 6.04 Å². The first-order chi connectivity index (χ1) is 22.2. The van der Waals surface area contributed by atoms with Gasteiger partial charge in [0, 0.05) is 83.9 Å². The number of hydrogen-bond acceptors (Lipinski definition) is 7. The van der Waals surface area contributed by atoms with Gasteiger partial charge in [-0.3, -0.25) is 14.3 Å². The maximum absolute atomic E-state index is 14.0. The Balaban J connectivity index is 1.10. The van der Waals surface area contributed by atoms with Gasteiger partial charge in [-0.25, -0.2) is 9.59 Å². The fourth-order valence-corrected chi connectivity index (χ4v) is 8.85. The maximum Gasteiger partial charge on any atom is 0.326 e. The molecule has 3 amide bonds. The number of thiophene rings is 1. The van der Waals surface area contributed by atoms with Crippen LogP contribution < -0.4 is 16.7 Å². The topological polar surface area (TPSA) is 123 Å². The molecule has 3 aromatic rings. The van der Waals surface area contributed by atoms with Gasteiger partial charge >= 0.3 is 11.7 Å². The highest BCUT2D eigenvalue weighted by Gasteiger charge is 2.34. The second-order valence-electron chi connectivity index (χ2n) is 12.7. The van der Waals surface area contributed by atoms with E-state index in [1.807, 2.05) is 40.1 Å². The summed E-state index contributed by atoms with van der Waals surface area (Å²) in [6.07, 6.45) is 5.87. The summed E-state index contributed by atoms with van der Waals surface area (Å²) in [6.45, 7) is 6.21. The lowest BCUT2D eigenvalue weighted by Crippen LogP contribution is -2.59. The fourth-order valence-electron chi connectivity index (χ4n) is 6.91. The maximum atomic E-state index is 14.0. The van der Waals surface area contributed by atoms with E-state index in [1.54, 1.807) is 20.8 Å². The molecule has 0 radical (unpaired) electrons. The van der Waals surface area contributed by atoms with Gasteiger partial charge in [-0.15, -0.1) is 0 Å². The molecule has 2 aromatic heterocycles. The van der Waals surface area contributed by atoms with Crippen molar-refractivity contribution in [2.75, 3.05) is 65.1 Å². The van der Waals surface area contributed by atoms with E-state index in [0.29, 0.717) is 57.2 Å². The van der Waals surface area contributed by atoms with E-state index in [0.717, 1.165) is 64.8 Å². The second-order valence-corrected chi connectivity index (χ2v) is 15.2. The van der Waals surface area contributed by atoms with Gasteiger partial charge < -0.3 is 30.7 Å². The number of aromatic amines is 1. The number of rotatable bonds is 7. The minimum absolute atomic E-state index is 0.00273. The second kappa shape index (κ2) is 14.6. The van der Waals surface area contributed by atoms with Crippen LogP contribution in [0, 0.1) is 0 Å². The Morgan fingerprint density at radius 3 is 2.26 bits per heavy atom. The van der Waals surface area contributed by atoms with Gasteiger partial charge in [0.05, 0.1) is 11.4 Å².